The molecule has 2 N–H and O–H groups in total. The van der Waals surface area contributed by atoms with E-state index in [2.05, 4.69) is 22.5 Å². The zero-order valence-electron chi connectivity index (χ0n) is 12.5. The van der Waals surface area contributed by atoms with Gasteiger partial charge in [0.2, 0.25) is 5.91 Å². The Bertz CT molecular complexity index is 413. The molecule has 6 heteroatoms. The van der Waals surface area contributed by atoms with Crippen molar-refractivity contribution in [2.75, 3.05) is 33.7 Å². The fourth-order valence-electron chi connectivity index (χ4n) is 1.46. The first-order valence-corrected chi connectivity index (χ1v) is 6.88. The molecule has 1 aromatic rings. The largest absolute Gasteiger partial charge is 0.469 e. The molecule has 6 nitrogen and oxygen atoms in total. The lowest BCUT2D eigenvalue weighted by Crippen LogP contribution is -2.39. The molecule has 0 fully saturated rings. The van der Waals surface area contributed by atoms with E-state index in [1.165, 1.54) is 4.90 Å². The van der Waals surface area contributed by atoms with Gasteiger partial charge >= 0.3 is 0 Å². The number of furan rings is 1. The van der Waals surface area contributed by atoms with Gasteiger partial charge in [0.15, 0.2) is 5.96 Å². The monoisotopic (exact) mass is 280 g/mol. The van der Waals surface area contributed by atoms with Crippen molar-refractivity contribution in [2.45, 2.75) is 19.8 Å². The molecule has 0 unspecified atom stereocenters. The van der Waals surface area contributed by atoms with Gasteiger partial charge in [-0.25, -0.2) is 4.99 Å². The van der Waals surface area contributed by atoms with Crippen LogP contribution in [0.25, 0.3) is 0 Å². The van der Waals surface area contributed by atoms with Crippen LogP contribution in [-0.2, 0) is 11.2 Å². The zero-order chi connectivity index (χ0) is 14.8. The number of nitrogens with one attached hydrogen (secondary N) is 2. The van der Waals surface area contributed by atoms with Crippen LogP contribution >= 0.6 is 0 Å². The van der Waals surface area contributed by atoms with Gasteiger partial charge in [-0.15, -0.1) is 0 Å². The van der Waals surface area contributed by atoms with Gasteiger partial charge in [0.1, 0.15) is 12.3 Å². The Morgan fingerprint density at radius 2 is 2.10 bits per heavy atom. The van der Waals surface area contributed by atoms with E-state index in [9.17, 15) is 4.79 Å². The summed E-state index contributed by atoms with van der Waals surface area (Å²) in [5.74, 6) is 1.57. The summed E-state index contributed by atoms with van der Waals surface area (Å²) in [7, 11) is 3.45. The van der Waals surface area contributed by atoms with Crippen molar-refractivity contribution in [3.05, 3.63) is 24.2 Å². The molecular formula is C14H24N4O2. The Kier molecular flexibility index (Phi) is 7.24. The highest BCUT2D eigenvalue weighted by molar-refractivity contribution is 5.84. The number of guanidine groups is 1. The van der Waals surface area contributed by atoms with Crippen LogP contribution in [0.1, 0.15) is 19.1 Å². The maximum absolute atomic E-state index is 11.5. The molecule has 0 bridgehead atoms. The summed E-state index contributed by atoms with van der Waals surface area (Å²) >= 11 is 0. The number of carbonyl (C=O) groups excluding carboxylic acids is 1. The first kappa shape index (κ1) is 16.1. The molecule has 0 aliphatic carbocycles. The number of carbonyl (C=O) groups is 1. The predicted octanol–water partition coefficient (Wildman–Crippen LogP) is 0.856. The Morgan fingerprint density at radius 1 is 1.35 bits per heavy atom. The van der Waals surface area contributed by atoms with Gasteiger partial charge in [0.05, 0.1) is 6.26 Å². The van der Waals surface area contributed by atoms with E-state index >= 15 is 0 Å². The molecule has 0 radical (unpaired) electrons. The molecule has 0 saturated carbocycles. The van der Waals surface area contributed by atoms with E-state index in [0.29, 0.717) is 12.5 Å². The fourth-order valence-corrected chi connectivity index (χ4v) is 1.46. The molecule has 0 aliphatic heterocycles. The summed E-state index contributed by atoms with van der Waals surface area (Å²) in [5.41, 5.74) is 0. The summed E-state index contributed by atoms with van der Waals surface area (Å²) in [6, 6.07) is 3.81. The number of hydrogen-bond donors (Lipinski definition) is 2. The number of hydrogen-bond acceptors (Lipinski definition) is 3. The average Bonchev–Trinajstić information content (AvgIpc) is 2.93. The van der Waals surface area contributed by atoms with Gasteiger partial charge in [0.25, 0.3) is 0 Å². The highest BCUT2D eigenvalue weighted by Crippen LogP contribution is 1.99. The smallest absolute Gasteiger partial charge is 0.243 e. The maximum atomic E-state index is 11.5. The van der Waals surface area contributed by atoms with Crippen molar-refractivity contribution in [3.63, 3.8) is 0 Å². The lowest BCUT2D eigenvalue weighted by Gasteiger charge is -2.12. The molecule has 1 aromatic heterocycles. The van der Waals surface area contributed by atoms with E-state index in [-0.39, 0.29) is 12.5 Å². The lowest BCUT2D eigenvalue weighted by molar-refractivity contribution is -0.127. The second-order valence-electron chi connectivity index (χ2n) is 4.64. The summed E-state index contributed by atoms with van der Waals surface area (Å²) in [6.07, 6.45) is 3.44. The molecule has 0 spiro atoms. The minimum atomic E-state index is -0.0198. The molecule has 1 heterocycles. The van der Waals surface area contributed by atoms with Crippen LogP contribution in [0.2, 0.25) is 0 Å². The Hall–Kier alpha value is -1.98. The quantitative estimate of drug-likeness (QED) is 0.574. The molecular weight excluding hydrogens is 256 g/mol. The lowest BCUT2D eigenvalue weighted by atomic mass is 10.3. The van der Waals surface area contributed by atoms with Gasteiger partial charge in [-0.2, -0.15) is 0 Å². The number of nitrogens with zero attached hydrogens (tertiary/aromatic N) is 2. The third-order valence-electron chi connectivity index (χ3n) is 2.66. The highest BCUT2D eigenvalue weighted by atomic mass is 16.3. The fraction of sp³-hybridized carbons (Fsp3) is 0.571. The van der Waals surface area contributed by atoms with E-state index in [4.69, 9.17) is 4.42 Å². The molecule has 20 heavy (non-hydrogen) atoms. The van der Waals surface area contributed by atoms with Gasteiger partial charge in [-0.3, -0.25) is 4.79 Å². The number of likely N-dealkylation sites (N-methyl/N-ethyl adjacent to an activating group) is 1. The second kappa shape index (κ2) is 9.01. The second-order valence-corrected chi connectivity index (χ2v) is 4.64. The van der Waals surface area contributed by atoms with Crippen LogP contribution < -0.4 is 10.6 Å². The molecule has 0 aliphatic rings. The summed E-state index contributed by atoms with van der Waals surface area (Å²) in [5, 5.41) is 6.38. The van der Waals surface area contributed by atoms with Crippen molar-refractivity contribution in [3.8, 4) is 0 Å². The van der Waals surface area contributed by atoms with Crippen LogP contribution in [0.3, 0.4) is 0 Å². The van der Waals surface area contributed by atoms with Crippen molar-refractivity contribution >= 4 is 11.9 Å². The minimum absolute atomic E-state index is 0.0198. The molecule has 112 valence electrons. The SMILES string of the molecule is CCCNC(=NCC(=O)N(C)C)NCCc1ccco1. The van der Waals surface area contributed by atoms with E-state index in [1.54, 1.807) is 20.4 Å². The van der Waals surface area contributed by atoms with E-state index in [1.807, 2.05) is 12.1 Å². The van der Waals surface area contributed by atoms with E-state index in [0.717, 1.165) is 25.1 Å². The number of amides is 1. The summed E-state index contributed by atoms with van der Waals surface area (Å²) in [6.45, 7) is 3.76. The Labute approximate surface area is 120 Å². The molecule has 0 aromatic carbocycles. The standard InChI is InChI=1S/C14H24N4O2/c1-4-8-15-14(17-11-13(19)18(2)3)16-9-7-12-6-5-10-20-12/h5-6,10H,4,7-9,11H2,1-3H3,(H2,15,16,17). The molecule has 1 rings (SSSR count). The Morgan fingerprint density at radius 3 is 2.70 bits per heavy atom. The number of aliphatic imine (C=N–C) groups is 1. The predicted molar refractivity (Wildman–Crippen MR) is 79.7 cm³/mol. The zero-order valence-corrected chi connectivity index (χ0v) is 12.5. The van der Waals surface area contributed by atoms with Crippen molar-refractivity contribution in [2.24, 2.45) is 4.99 Å². The van der Waals surface area contributed by atoms with Gasteiger partial charge in [0, 0.05) is 33.6 Å². The molecule has 0 saturated heterocycles. The van der Waals surface area contributed by atoms with Crippen LogP contribution in [0.15, 0.2) is 27.8 Å². The van der Waals surface area contributed by atoms with Gasteiger partial charge in [-0.1, -0.05) is 6.92 Å². The molecule has 1 amide bonds. The maximum Gasteiger partial charge on any atom is 0.243 e. The summed E-state index contributed by atoms with van der Waals surface area (Å²) < 4.78 is 5.27. The average molecular weight is 280 g/mol. The van der Waals surface area contributed by atoms with Crippen molar-refractivity contribution in [1.82, 2.24) is 15.5 Å². The first-order valence-electron chi connectivity index (χ1n) is 6.88. The van der Waals surface area contributed by atoms with Crippen LogP contribution in [0.4, 0.5) is 0 Å². The topological polar surface area (TPSA) is 69.9 Å². The third kappa shape index (κ3) is 6.26. The van der Waals surface area contributed by atoms with Crippen LogP contribution in [-0.4, -0.2) is 50.5 Å². The Balaban J connectivity index is 2.41. The number of rotatable bonds is 7. The van der Waals surface area contributed by atoms with Crippen molar-refractivity contribution < 1.29 is 9.21 Å². The summed E-state index contributed by atoms with van der Waals surface area (Å²) in [4.78, 5) is 17.3. The van der Waals surface area contributed by atoms with Gasteiger partial charge in [-0.05, 0) is 18.6 Å². The molecule has 0 atom stereocenters. The third-order valence-corrected chi connectivity index (χ3v) is 2.66. The van der Waals surface area contributed by atoms with Crippen molar-refractivity contribution in [1.29, 1.82) is 0 Å². The normalized spacial score (nSPS) is 11.2. The van der Waals surface area contributed by atoms with Crippen LogP contribution in [0.5, 0.6) is 0 Å². The van der Waals surface area contributed by atoms with E-state index < -0.39 is 0 Å². The first-order chi connectivity index (χ1) is 9.63. The van der Waals surface area contributed by atoms with Crippen LogP contribution in [0, 0.1) is 0 Å². The van der Waals surface area contributed by atoms with Gasteiger partial charge < -0.3 is 20.0 Å². The highest BCUT2D eigenvalue weighted by Gasteiger charge is 2.04. The minimum Gasteiger partial charge on any atom is -0.469 e.